The SMILES string of the molecule is CCCOc1ccc([C@@H]2C(C(=O)OCCOCC)=C(C)N=C3CCCC(=O)C32)cc1OC. The third-order valence-electron chi connectivity index (χ3n) is 5.80. The fraction of sp³-hybridized carbons (Fsp3) is 0.560. The molecule has 1 aliphatic heterocycles. The van der Waals surface area contributed by atoms with Crippen molar-refractivity contribution < 1.29 is 28.5 Å². The number of aliphatic imine (C=N–C) groups is 1. The lowest BCUT2D eigenvalue weighted by Gasteiger charge is -2.35. The molecule has 0 spiro atoms. The summed E-state index contributed by atoms with van der Waals surface area (Å²) in [5, 5.41) is 0. The topological polar surface area (TPSA) is 83.4 Å². The maximum absolute atomic E-state index is 13.1. The van der Waals surface area contributed by atoms with Gasteiger partial charge < -0.3 is 18.9 Å². The van der Waals surface area contributed by atoms with Crippen LogP contribution in [0, 0.1) is 5.92 Å². The average molecular weight is 444 g/mol. The number of ketones is 1. The first kappa shape index (κ1) is 24.0. The van der Waals surface area contributed by atoms with Crippen LogP contribution in [0.5, 0.6) is 11.5 Å². The number of hydrogen-bond donors (Lipinski definition) is 0. The molecular weight excluding hydrogens is 410 g/mol. The number of hydrogen-bond acceptors (Lipinski definition) is 7. The number of allylic oxidation sites excluding steroid dienone is 1. The van der Waals surface area contributed by atoms with Crippen LogP contribution in [0.4, 0.5) is 0 Å². The molecule has 0 N–H and O–H groups in total. The van der Waals surface area contributed by atoms with E-state index in [1.54, 1.807) is 7.11 Å². The van der Waals surface area contributed by atoms with Crippen LogP contribution in [-0.4, -0.2) is 51.0 Å². The molecule has 1 fully saturated rings. The van der Waals surface area contributed by atoms with E-state index < -0.39 is 17.8 Å². The third-order valence-corrected chi connectivity index (χ3v) is 5.80. The summed E-state index contributed by atoms with van der Waals surface area (Å²) in [5.41, 5.74) is 2.69. The van der Waals surface area contributed by atoms with Crippen molar-refractivity contribution in [3.63, 3.8) is 0 Å². The summed E-state index contributed by atoms with van der Waals surface area (Å²) in [5.74, 6) is -0.0710. The second kappa shape index (κ2) is 11.3. The van der Waals surface area contributed by atoms with Crippen molar-refractivity contribution in [1.29, 1.82) is 0 Å². The Kier molecular flexibility index (Phi) is 8.45. The van der Waals surface area contributed by atoms with E-state index in [1.165, 1.54) is 0 Å². The molecule has 3 rings (SSSR count). The van der Waals surface area contributed by atoms with Gasteiger partial charge in [0.05, 0.1) is 31.8 Å². The lowest BCUT2D eigenvalue weighted by molar-refractivity contribution is -0.141. The van der Waals surface area contributed by atoms with Crippen LogP contribution in [0.15, 0.2) is 34.5 Å². The number of ether oxygens (including phenoxy) is 4. The van der Waals surface area contributed by atoms with Gasteiger partial charge >= 0.3 is 5.97 Å². The summed E-state index contributed by atoms with van der Waals surface area (Å²) in [4.78, 5) is 30.8. The molecular formula is C25H33NO6. The summed E-state index contributed by atoms with van der Waals surface area (Å²) in [6.45, 7) is 7.34. The first-order valence-electron chi connectivity index (χ1n) is 11.4. The molecule has 0 bridgehead atoms. The van der Waals surface area contributed by atoms with Gasteiger partial charge in [0, 0.05) is 30.4 Å². The Morgan fingerprint density at radius 2 is 1.91 bits per heavy atom. The minimum Gasteiger partial charge on any atom is -0.493 e. The summed E-state index contributed by atoms with van der Waals surface area (Å²) in [6, 6.07) is 5.61. The molecule has 2 aliphatic rings. The Labute approximate surface area is 189 Å². The number of fused-ring (bicyclic) bond motifs is 1. The monoisotopic (exact) mass is 443 g/mol. The standard InChI is InChI=1S/C25H33NO6/c1-5-12-31-20-11-10-17(15-21(20)29-4)23-22(25(28)32-14-13-30-6-2)16(3)26-18-8-7-9-19(27)24(18)23/h10-11,15,23-24H,5-9,12-14H2,1-4H3/t23-,24?/m1/s1. The fourth-order valence-corrected chi connectivity index (χ4v) is 4.37. The van der Waals surface area contributed by atoms with Gasteiger partial charge in [0.25, 0.3) is 0 Å². The molecule has 32 heavy (non-hydrogen) atoms. The van der Waals surface area contributed by atoms with Crippen LogP contribution in [0.1, 0.15) is 57.9 Å². The number of rotatable bonds is 10. The number of Topliss-reactive ketones (excluding diaryl/α,β-unsaturated/α-hetero) is 1. The molecule has 7 heteroatoms. The van der Waals surface area contributed by atoms with Crippen molar-refractivity contribution >= 4 is 17.5 Å². The molecule has 1 saturated carbocycles. The van der Waals surface area contributed by atoms with Gasteiger partial charge in [-0.15, -0.1) is 0 Å². The van der Waals surface area contributed by atoms with Crippen molar-refractivity contribution in [3.05, 3.63) is 35.0 Å². The molecule has 2 atom stereocenters. The predicted molar refractivity (Wildman–Crippen MR) is 121 cm³/mol. The number of nitrogens with zero attached hydrogens (tertiary/aromatic N) is 1. The highest BCUT2D eigenvalue weighted by atomic mass is 16.6. The number of carbonyl (C=O) groups is 2. The van der Waals surface area contributed by atoms with Gasteiger partial charge in [-0.2, -0.15) is 0 Å². The molecule has 1 heterocycles. The zero-order chi connectivity index (χ0) is 23.1. The minimum atomic E-state index is -0.469. The van der Waals surface area contributed by atoms with Crippen molar-refractivity contribution in [3.8, 4) is 11.5 Å². The Bertz CT molecular complexity index is 904. The second-order valence-electron chi connectivity index (χ2n) is 7.97. The van der Waals surface area contributed by atoms with Gasteiger partial charge in [-0.05, 0) is 50.8 Å². The lowest BCUT2D eigenvalue weighted by atomic mass is 9.69. The highest BCUT2D eigenvalue weighted by Gasteiger charge is 2.44. The van der Waals surface area contributed by atoms with Crippen LogP contribution in [0.3, 0.4) is 0 Å². The zero-order valence-electron chi connectivity index (χ0n) is 19.4. The van der Waals surface area contributed by atoms with Crippen molar-refractivity contribution in [1.82, 2.24) is 0 Å². The molecule has 1 aromatic rings. The summed E-state index contributed by atoms with van der Waals surface area (Å²) < 4.78 is 22.1. The van der Waals surface area contributed by atoms with Crippen molar-refractivity contribution in [2.45, 2.75) is 52.4 Å². The van der Waals surface area contributed by atoms with Gasteiger partial charge in [0.2, 0.25) is 0 Å². The Balaban J connectivity index is 2.01. The summed E-state index contributed by atoms with van der Waals surface area (Å²) in [7, 11) is 1.58. The smallest absolute Gasteiger partial charge is 0.336 e. The van der Waals surface area contributed by atoms with Gasteiger partial charge in [-0.1, -0.05) is 13.0 Å². The van der Waals surface area contributed by atoms with Crippen LogP contribution >= 0.6 is 0 Å². The number of methoxy groups -OCH3 is 1. The van der Waals surface area contributed by atoms with Crippen LogP contribution < -0.4 is 9.47 Å². The van der Waals surface area contributed by atoms with E-state index >= 15 is 0 Å². The van der Waals surface area contributed by atoms with E-state index in [9.17, 15) is 9.59 Å². The molecule has 1 aromatic carbocycles. The maximum Gasteiger partial charge on any atom is 0.336 e. The van der Waals surface area contributed by atoms with Crippen LogP contribution in [0.2, 0.25) is 0 Å². The van der Waals surface area contributed by atoms with Crippen LogP contribution in [0.25, 0.3) is 0 Å². The minimum absolute atomic E-state index is 0.109. The fourth-order valence-electron chi connectivity index (χ4n) is 4.37. The highest BCUT2D eigenvalue weighted by molar-refractivity contribution is 6.11. The predicted octanol–water partition coefficient (Wildman–Crippen LogP) is 4.25. The van der Waals surface area contributed by atoms with Gasteiger partial charge in [-0.25, -0.2) is 4.79 Å². The Hall–Kier alpha value is -2.67. The largest absolute Gasteiger partial charge is 0.493 e. The van der Waals surface area contributed by atoms with E-state index in [-0.39, 0.29) is 12.4 Å². The lowest BCUT2D eigenvalue weighted by Crippen LogP contribution is -2.39. The third kappa shape index (κ3) is 5.21. The molecule has 0 amide bonds. The molecule has 0 saturated heterocycles. The summed E-state index contributed by atoms with van der Waals surface area (Å²) in [6.07, 6.45) is 2.91. The van der Waals surface area contributed by atoms with Crippen LogP contribution in [-0.2, 0) is 19.1 Å². The highest BCUT2D eigenvalue weighted by Crippen LogP contribution is 2.45. The normalized spacial score (nSPS) is 20.5. The molecule has 174 valence electrons. The quantitative estimate of drug-likeness (QED) is 0.397. The van der Waals surface area contributed by atoms with E-state index in [0.29, 0.717) is 49.0 Å². The maximum atomic E-state index is 13.1. The summed E-state index contributed by atoms with van der Waals surface area (Å²) >= 11 is 0. The number of benzene rings is 1. The molecule has 7 nitrogen and oxygen atoms in total. The second-order valence-corrected chi connectivity index (χ2v) is 7.97. The van der Waals surface area contributed by atoms with Crippen molar-refractivity contribution in [2.24, 2.45) is 10.9 Å². The number of esters is 1. The van der Waals surface area contributed by atoms with Gasteiger partial charge in [-0.3, -0.25) is 9.79 Å². The molecule has 1 aliphatic carbocycles. The van der Waals surface area contributed by atoms with Crippen molar-refractivity contribution in [2.75, 3.05) is 33.5 Å². The average Bonchev–Trinajstić information content (AvgIpc) is 2.79. The van der Waals surface area contributed by atoms with E-state index in [2.05, 4.69) is 4.99 Å². The Morgan fingerprint density at radius 1 is 1.09 bits per heavy atom. The van der Waals surface area contributed by atoms with E-state index in [0.717, 1.165) is 30.5 Å². The van der Waals surface area contributed by atoms with E-state index in [4.69, 9.17) is 18.9 Å². The number of carbonyl (C=O) groups excluding carboxylic acids is 2. The first-order chi connectivity index (χ1) is 15.5. The zero-order valence-corrected chi connectivity index (χ0v) is 19.4. The Morgan fingerprint density at radius 3 is 2.62 bits per heavy atom. The van der Waals surface area contributed by atoms with Gasteiger partial charge in [0.1, 0.15) is 12.4 Å². The molecule has 1 unspecified atom stereocenters. The van der Waals surface area contributed by atoms with Gasteiger partial charge in [0.15, 0.2) is 11.5 Å². The molecule has 0 aromatic heterocycles. The molecule has 0 radical (unpaired) electrons. The van der Waals surface area contributed by atoms with E-state index in [1.807, 2.05) is 39.0 Å². The first-order valence-corrected chi connectivity index (χ1v) is 11.4.